The Labute approximate surface area is 71.0 Å². The zero-order chi connectivity index (χ0) is 8.01. The van der Waals surface area contributed by atoms with Gasteiger partial charge >= 0.3 is 0 Å². The molecule has 0 spiro atoms. The molecule has 0 saturated carbocycles. The van der Waals surface area contributed by atoms with E-state index in [1.165, 1.54) is 0 Å². The van der Waals surface area contributed by atoms with Crippen molar-refractivity contribution in [3.8, 4) is 0 Å². The molecular formula is C7H10N2OS. The van der Waals surface area contributed by atoms with Gasteiger partial charge in [-0.05, 0) is 25.1 Å². The average Bonchev–Trinajstić information content (AvgIpc) is 2.53. The summed E-state index contributed by atoms with van der Waals surface area (Å²) in [6.07, 6.45) is 2.08. The minimum atomic E-state index is 0.0764. The summed E-state index contributed by atoms with van der Waals surface area (Å²) in [7, 11) is 1.75. The first-order chi connectivity index (χ1) is 5.22. The lowest BCUT2D eigenvalue weighted by Crippen LogP contribution is -2.29. The van der Waals surface area contributed by atoms with E-state index in [9.17, 15) is 4.79 Å². The van der Waals surface area contributed by atoms with Gasteiger partial charge in [0.05, 0.1) is 0 Å². The van der Waals surface area contributed by atoms with Crippen molar-refractivity contribution in [2.24, 2.45) is 0 Å². The third kappa shape index (κ3) is 0.788. The van der Waals surface area contributed by atoms with Gasteiger partial charge in [0.15, 0.2) is 5.11 Å². The number of thiocarbonyl (C=S) groups is 1. The van der Waals surface area contributed by atoms with Gasteiger partial charge in [-0.3, -0.25) is 9.69 Å². The Balaban J connectivity index is 2.30. The Hall–Kier alpha value is -0.640. The zero-order valence-electron chi connectivity index (χ0n) is 6.41. The first-order valence-electron chi connectivity index (χ1n) is 3.80. The lowest BCUT2D eigenvalue weighted by Gasteiger charge is -2.14. The molecule has 0 bridgehead atoms. The minimum Gasteiger partial charge on any atom is -0.337 e. The first-order valence-corrected chi connectivity index (χ1v) is 4.21. The van der Waals surface area contributed by atoms with Crippen molar-refractivity contribution in [1.29, 1.82) is 0 Å². The predicted molar refractivity (Wildman–Crippen MR) is 45.1 cm³/mol. The summed E-state index contributed by atoms with van der Waals surface area (Å²) in [5.41, 5.74) is 0. The van der Waals surface area contributed by atoms with Gasteiger partial charge in [-0.25, -0.2) is 0 Å². The second-order valence-corrected chi connectivity index (χ2v) is 3.40. The number of amides is 1. The SMILES string of the molecule is CN1C(=O)[C@@H]2CCCN2C1=S. The van der Waals surface area contributed by atoms with E-state index in [1.54, 1.807) is 11.9 Å². The van der Waals surface area contributed by atoms with E-state index in [2.05, 4.69) is 0 Å². The highest BCUT2D eigenvalue weighted by Gasteiger charge is 2.42. The maximum atomic E-state index is 11.4. The van der Waals surface area contributed by atoms with Gasteiger partial charge in [-0.1, -0.05) is 0 Å². The predicted octanol–water partition coefficient (Wildman–Crippen LogP) is 0.208. The third-order valence-corrected chi connectivity index (χ3v) is 2.91. The number of hydrogen-bond acceptors (Lipinski definition) is 2. The topological polar surface area (TPSA) is 23.6 Å². The molecule has 2 fully saturated rings. The first kappa shape index (κ1) is 7.03. The molecule has 4 heteroatoms. The second-order valence-electron chi connectivity index (χ2n) is 3.03. The Morgan fingerprint density at radius 2 is 2.36 bits per heavy atom. The second kappa shape index (κ2) is 2.17. The molecule has 0 unspecified atom stereocenters. The number of carbonyl (C=O) groups excluding carboxylic acids is 1. The summed E-state index contributed by atoms with van der Waals surface area (Å²) in [4.78, 5) is 15.0. The molecule has 1 atom stereocenters. The van der Waals surface area contributed by atoms with Crippen LogP contribution in [0.2, 0.25) is 0 Å². The van der Waals surface area contributed by atoms with Crippen molar-refractivity contribution in [3.63, 3.8) is 0 Å². The molecule has 0 N–H and O–H groups in total. The molecule has 11 heavy (non-hydrogen) atoms. The molecule has 0 aliphatic carbocycles. The van der Waals surface area contributed by atoms with Gasteiger partial charge in [-0.2, -0.15) is 0 Å². The molecule has 2 heterocycles. The van der Waals surface area contributed by atoms with Gasteiger partial charge in [0, 0.05) is 13.6 Å². The van der Waals surface area contributed by atoms with Crippen LogP contribution in [0.15, 0.2) is 0 Å². The number of fused-ring (bicyclic) bond motifs is 1. The summed E-state index contributed by atoms with van der Waals surface area (Å²) in [6, 6.07) is 0.0764. The molecule has 0 aromatic carbocycles. The molecule has 0 radical (unpaired) electrons. The zero-order valence-corrected chi connectivity index (χ0v) is 7.23. The number of carbonyl (C=O) groups is 1. The van der Waals surface area contributed by atoms with E-state index in [1.807, 2.05) is 4.90 Å². The van der Waals surface area contributed by atoms with Crippen LogP contribution in [0, 0.1) is 0 Å². The van der Waals surface area contributed by atoms with Crippen LogP contribution in [0.4, 0.5) is 0 Å². The highest BCUT2D eigenvalue weighted by Crippen LogP contribution is 2.25. The smallest absolute Gasteiger partial charge is 0.251 e. The fourth-order valence-corrected chi connectivity index (χ4v) is 2.07. The lowest BCUT2D eigenvalue weighted by atomic mass is 10.2. The van der Waals surface area contributed by atoms with Crippen LogP contribution in [0.3, 0.4) is 0 Å². The van der Waals surface area contributed by atoms with Crippen molar-refractivity contribution in [1.82, 2.24) is 9.80 Å². The Bertz CT molecular complexity index is 206. The summed E-state index contributed by atoms with van der Waals surface area (Å²) in [6.45, 7) is 0.958. The van der Waals surface area contributed by atoms with Gasteiger partial charge in [0.25, 0.3) is 5.91 Å². The van der Waals surface area contributed by atoms with Crippen molar-refractivity contribution in [2.45, 2.75) is 18.9 Å². The normalized spacial score (nSPS) is 30.1. The number of likely N-dealkylation sites (N-methyl/N-ethyl adjacent to an activating group) is 1. The summed E-state index contributed by atoms with van der Waals surface area (Å²) >= 11 is 5.09. The highest BCUT2D eigenvalue weighted by molar-refractivity contribution is 7.80. The van der Waals surface area contributed by atoms with E-state index in [0.29, 0.717) is 5.11 Å². The van der Waals surface area contributed by atoms with Gasteiger partial charge in [-0.15, -0.1) is 0 Å². The molecular weight excluding hydrogens is 160 g/mol. The van der Waals surface area contributed by atoms with Crippen LogP contribution in [0.5, 0.6) is 0 Å². The van der Waals surface area contributed by atoms with E-state index in [0.717, 1.165) is 19.4 Å². The fraction of sp³-hybridized carbons (Fsp3) is 0.714. The number of rotatable bonds is 0. The highest BCUT2D eigenvalue weighted by atomic mass is 32.1. The lowest BCUT2D eigenvalue weighted by molar-refractivity contribution is -0.126. The molecule has 2 aliphatic rings. The van der Waals surface area contributed by atoms with Crippen molar-refractivity contribution in [3.05, 3.63) is 0 Å². The van der Waals surface area contributed by atoms with Gasteiger partial charge in [0.2, 0.25) is 0 Å². The van der Waals surface area contributed by atoms with E-state index in [-0.39, 0.29) is 11.9 Å². The molecule has 1 amide bonds. The molecule has 0 aromatic heterocycles. The van der Waals surface area contributed by atoms with Crippen LogP contribution in [-0.2, 0) is 4.79 Å². The molecule has 2 saturated heterocycles. The van der Waals surface area contributed by atoms with E-state index >= 15 is 0 Å². The molecule has 3 nitrogen and oxygen atoms in total. The Morgan fingerprint density at radius 3 is 3.00 bits per heavy atom. The van der Waals surface area contributed by atoms with E-state index < -0.39 is 0 Å². The molecule has 2 aliphatic heterocycles. The number of hydrogen-bond donors (Lipinski definition) is 0. The monoisotopic (exact) mass is 170 g/mol. The maximum absolute atomic E-state index is 11.4. The van der Waals surface area contributed by atoms with Crippen molar-refractivity contribution >= 4 is 23.2 Å². The van der Waals surface area contributed by atoms with Gasteiger partial charge < -0.3 is 4.90 Å². The largest absolute Gasteiger partial charge is 0.337 e. The minimum absolute atomic E-state index is 0.0764. The Kier molecular flexibility index (Phi) is 1.39. The van der Waals surface area contributed by atoms with Crippen LogP contribution in [-0.4, -0.2) is 40.5 Å². The van der Waals surface area contributed by atoms with E-state index in [4.69, 9.17) is 12.2 Å². The van der Waals surface area contributed by atoms with Crippen molar-refractivity contribution in [2.75, 3.05) is 13.6 Å². The average molecular weight is 170 g/mol. The fourth-order valence-electron chi connectivity index (χ4n) is 1.76. The van der Waals surface area contributed by atoms with Crippen LogP contribution in [0.1, 0.15) is 12.8 Å². The Morgan fingerprint density at radius 1 is 1.64 bits per heavy atom. The van der Waals surface area contributed by atoms with Crippen molar-refractivity contribution < 1.29 is 4.79 Å². The molecule has 60 valence electrons. The van der Waals surface area contributed by atoms with Crippen LogP contribution >= 0.6 is 12.2 Å². The number of nitrogens with zero attached hydrogens (tertiary/aromatic N) is 2. The third-order valence-electron chi connectivity index (χ3n) is 2.40. The van der Waals surface area contributed by atoms with Crippen LogP contribution < -0.4 is 0 Å². The molecule has 0 aromatic rings. The van der Waals surface area contributed by atoms with Crippen LogP contribution in [0.25, 0.3) is 0 Å². The summed E-state index contributed by atoms with van der Waals surface area (Å²) < 4.78 is 0. The summed E-state index contributed by atoms with van der Waals surface area (Å²) in [5, 5.41) is 0.706. The quantitative estimate of drug-likeness (QED) is 0.485. The maximum Gasteiger partial charge on any atom is 0.251 e. The summed E-state index contributed by atoms with van der Waals surface area (Å²) in [5.74, 6) is 0.174. The molecule has 2 rings (SSSR count). The van der Waals surface area contributed by atoms with Gasteiger partial charge in [0.1, 0.15) is 6.04 Å². The standard InChI is InChI=1S/C7H10N2OS/c1-8-6(10)5-3-2-4-9(5)7(8)11/h5H,2-4H2,1H3/t5-/m0/s1.